The Morgan fingerprint density at radius 2 is 2.27 bits per heavy atom. The Morgan fingerprint density at radius 1 is 1.53 bits per heavy atom. The number of halogens is 1. The maximum atomic E-state index is 11.6. The van der Waals surface area contributed by atoms with Gasteiger partial charge in [-0.2, -0.15) is 0 Å². The largest absolute Gasteiger partial charge is 0.480 e. The third kappa shape index (κ3) is 1.87. The number of aliphatic carboxylic acids is 1. The van der Waals surface area contributed by atoms with Crippen LogP contribution >= 0.6 is 15.9 Å². The summed E-state index contributed by atoms with van der Waals surface area (Å²) in [7, 11) is 0. The predicted octanol–water partition coefficient (Wildman–Crippen LogP) is 1.19. The highest BCUT2D eigenvalue weighted by atomic mass is 79.9. The number of carbonyl (C=O) groups excluding carboxylic acids is 1. The van der Waals surface area contributed by atoms with E-state index in [1.165, 1.54) is 0 Å². The molecule has 1 unspecified atom stereocenters. The number of amides is 1. The zero-order valence-corrected chi connectivity index (χ0v) is 9.24. The van der Waals surface area contributed by atoms with Crippen molar-refractivity contribution in [3.05, 3.63) is 33.8 Å². The zero-order valence-electron chi connectivity index (χ0n) is 7.66. The van der Waals surface area contributed by atoms with Gasteiger partial charge in [0.2, 0.25) is 0 Å². The average Bonchev–Trinajstić information content (AvgIpc) is 2.18. The van der Waals surface area contributed by atoms with Crippen LogP contribution in [0.3, 0.4) is 0 Å². The quantitative estimate of drug-likeness (QED) is 0.805. The van der Waals surface area contributed by atoms with Gasteiger partial charge in [0.25, 0.3) is 5.91 Å². The van der Waals surface area contributed by atoms with Crippen LogP contribution in [-0.4, -0.2) is 23.0 Å². The molecule has 0 aromatic heterocycles. The fraction of sp³-hybridized carbons (Fsp3) is 0.200. The van der Waals surface area contributed by atoms with E-state index in [1.807, 2.05) is 0 Å². The molecule has 1 aromatic carbocycles. The van der Waals surface area contributed by atoms with Crippen LogP contribution in [-0.2, 0) is 11.2 Å². The Bertz CT molecular complexity index is 444. The highest BCUT2D eigenvalue weighted by Gasteiger charge is 2.28. The van der Waals surface area contributed by atoms with Crippen molar-refractivity contribution in [2.24, 2.45) is 0 Å². The zero-order chi connectivity index (χ0) is 11.0. The second kappa shape index (κ2) is 3.66. The first-order valence-electron chi connectivity index (χ1n) is 4.40. The standard InChI is InChI=1S/C10H8BrNO3/c11-6-2-1-5-3-8(10(14)15)12-9(13)7(5)4-6/h1-2,4,8H,3H2,(H,12,13)(H,14,15). The Morgan fingerprint density at radius 3 is 2.93 bits per heavy atom. The summed E-state index contributed by atoms with van der Waals surface area (Å²) < 4.78 is 0.810. The topological polar surface area (TPSA) is 66.4 Å². The lowest BCUT2D eigenvalue weighted by atomic mass is 9.95. The maximum absolute atomic E-state index is 11.6. The molecule has 1 heterocycles. The van der Waals surface area contributed by atoms with Gasteiger partial charge in [0.15, 0.2) is 0 Å². The van der Waals surface area contributed by atoms with Gasteiger partial charge in [-0.3, -0.25) is 4.79 Å². The monoisotopic (exact) mass is 269 g/mol. The molecule has 2 rings (SSSR count). The Labute approximate surface area is 94.4 Å². The van der Waals surface area contributed by atoms with Gasteiger partial charge in [0.1, 0.15) is 6.04 Å². The van der Waals surface area contributed by atoms with Gasteiger partial charge in [-0.1, -0.05) is 22.0 Å². The lowest BCUT2D eigenvalue weighted by Gasteiger charge is -2.22. The van der Waals surface area contributed by atoms with Crippen molar-refractivity contribution in [2.75, 3.05) is 0 Å². The second-order valence-electron chi connectivity index (χ2n) is 3.37. The van der Waals surface area contributed by atoms with E-state index in [-0.39, 0.29) is 5.91 Å². The first kappa shape index (κ1) is 10.2. The minimum atomic E-state index is -1.00. The van der Waals surface area contributed by atoms with Gasteiger partial charge in [-0.05, 0) is 17.7 Å². The van der Waals surface area contributed by atoms with E-state index in [0.29, 0.717) is 12.0 Å². The molecule has 5 heteroatoms. The number of benzene rings is 1. The summed E-state index contributed by atoms with van der Waals surface area (Å²) in [5, 5.41) is 11.3. The molecule has 0 fully saturated rings. The molecule has 4 nitrogen and oxygen atoms in total. The fourth-order valence-electron chi connectivity index (χ4n) is 1.59. The lowest BCUT2D eigenvalue weighted by Crippen LogP contribution is -2.46. The number of carboxylic acid groups (broad SMARTS) is 1. The summed E-state index contributed by atoms with van der Waals surface area (Å²) in [5.41, 5.74) is 1.32. The summed E-state index contributed by atoms with van der Waals surface area (Å²) in [6, 6.07) is 4.46. The van der Waals surface area contributed by atoms with Crippen molar-refractivity contribution in [2.45, 2.75) is 12.5 Å². The molecule has 1 aromatic rings. The summed E-state index contributed by atoms with van der Waals surface area (Å²) >= 11 is 3.27. The normalized spacial score (nSPS) is 19.3. The summed E-state index contributed by atoms with van der Waals surface area (Å²) in [5.74, 6) is -1.33. The van der Waals surface area contributed by atoms with Crippen molar-refractivity contribution < 1.29 is 14.7 Å². The van der Waals surface area contributed by atoms with Gasteiger partial charge in [0.05, 0.1) is 0 Å². The van der Waals surface area contributed by atoms with Gasteiger partial charge in [0, 0.05) is 16.5 Å². The molecule has 0 spiro atoms. The molecule has 1 aliphatic heterocycles. The molecular formula is C10H8BrNO3. The van der Waals surface area contributed by atoms with E-state index >= 15 is 0 Å². The molecule has 1 amide bonds. The number of fused-ring (bicyclic) bond motifs is 1. The van der Waals surface area contributed by atoms with Crippen LogP contribution < -0.4 is 5.32 Å². The Hall–Kier alpha value is -1.36. The highest BCUT2D eigenvalue weighted by Crippen LogP contribution is 2.21. The smallest absolute Gasteiger partial charge is 0.326 e. The van der Waals surface area contributed by atoms with E-state index in [0.717, 1.165) is 10.0 Å². The molecular weight excluding hydrogens is 262 g/mol. The first-order chi connectivity index (χ1) is 7.08. The van der Waals surface area contributed by atoms with Crippen molar-refractivity contribution in [1.29, 1.82) is 0 Å². The summed E-state index contributed by atoms with van der Waals surface area (Å²) in [6.45, 7) is 0. The minimum Gasteiger partial charge on any atom is -0.480 e. The third-order valence-corrected chi connectivity index (χ3v) is 2.84. The van der Waals surface area contributed by atoms with Gasteiger partial charge >= 0.3 is 5.97 Å². The van der Waals surface area contributed by atoms with E-state index in [9.17, 15) is 9.59 Å². The molecule has 0 saturated carbocycles. The Kier molecular flexibility index (Phi) is 2.48. The van der Waals surface area contributed by atoms with E-state index < -0.39 is 12.0 Å². The number of hydrogen-bond acceptors (Lipinski definition) is 2. The van der Waals surface area contributed by atoms with Gasteiger partial charge in [-0.25, -0.2) is 4.79 Å². The molecule has 1 aliphatic rings. The second-order valence-corrected chi connectivity index (χ2v) is 4.29. The predicted molar refractivity (Wildman–Crippen MR) is 56.7 cm³/mol. The minimum absolute atomic E-state index is 0.329. The maximum Gasteiger partial charge on any atom is 0.326 e. The molecule has 1 atom stereocenters. The van der Waals surface area contributed by atoms with Crippen LogP contribution in [0.15, 0.2) is 22.7 Å². The van der Waals surface area contributed by atoms with Crippen molar-refractivity contribution >= 4 is 27.8 Å². The summed E-state index contributed by atoms with van der Waals surface area (Å²) in [4.78, 5) is 22.3. The molecule has 0 saturated heterocycles. The molecule has 2 N–H and O–H groups in total. The fourth-order valence-corrected chi connectivity index (χ4v) is 1.96. The molecule has 78 valence electrons. The van der Waals surface area contributed by atoms with Crippen molar-refractivity contribution in [3.63, 3.8) is 0 Å². The molecule has 15 heavy (non-hydrogen) atoms. The van der Waals surface area contributed by atoms with Crippen molar-refractivity contribution in [3.8, 4) is 0 Å². The Balaban J connectivity index is 2.41. The molecule has 0 radical (unpaired) electrons. The number of carboxylic acids is 1. The van der Waals surface area contributed by atoms with Crippen LogP contribution in [0.2, 0.25) is 0 Å². The number of hydrogen-bond donors (Lipinski definition) is 2. The van der Waals surface area contributed by atoms with Crippen LogP contribution in [0.5, 0.6) is 0 Å². The summed E-state index contributed by atoms with van der Waals surface area (Å²) in [6.07, 6.45) is 0.337. The third-order valence-electron chi connectivity index (χ3n) is 2.34. The van der Waals surface area contributed by atoms with E-state index in [4.69, 9.17) is 5.11 Å². The number of nitrogens with one attached hydrogen (secondary N) is 1. The average molecular weight is 270 g/mol. The van der Waals surface area contributed by atoms with Crippen LogP contribution in [0, 0.1) is 0 Å². The van der Waals surface area contributed by atoms with Crippen LogP contribution in [0.1, 0.15) is 15.9 Å². The van der Waals surface area contributed by atoms with Gasteiger partial charge in [-0.15, -0.1) is 0 Å². The highest BCUT2D eigenvalue weighted by molar-refractivity contribution is 9.10. The van der Waals surface area contributed by atoms with E-state index in [2.05, 4.69) is 21.2 Å². The van der Waals surface area contributed by atoms with Crippen molar-refractivity contribution in [1.82, 2.24) is 5.32 Å². The number of rotatable bonds is 1. The van der Waals surface area contributed by atoms with Gasteiger partial charge < -0.3 is 10.4 Å². The SMILES string of the molecule is O=C1NC(C(=O)O)Cc2ccc(Br)cc21. The molecule has 0 bridgehead atoms. The van der Waals surface area contributed by atoms with Crippen LogP contribution in [0.25, 0.3) is 0 Å². The van der Waals surface area contributed by atoms with E-state index in [1.54, 1.807) is 18.2 Å². The number of carbonyl (C=O) groups is 2. The first-order valence-corrected chi connectivity index (χ1v) is 5.19. The molecule has 0 aliphatic carbocycles. The lowest BCUT2D eigenvalue weighted by molar-refractivity contribution is -0.139. The van der Waals surface area contributed by atoms with Crippen LogP contribution in [0.4, 0.5) is 0 Å².